The van der Waals surface area contributed by atoms with Crippen LogP contribution in [0, 0.1) is 11.8 Å². The van der Waals surface area contributed by atoms with E-state index in [1.165, 1.54) is 19.5 Å². The van der Waals surface area contributed by atoms with Crippen molar-refractivity contribution in [2.75, 3.05) is 32.1 Å². The first kappa shape index (κ1) is 15.8. The number of ether oxygens (including phenoxy) is 1. The molecule has 1 aliphatic heterocycles. The van der Waals surface area contributed by atoms with Gasteiger partial charge in [0.2, 0.25) is 5.91 Å². The minimum atomic E-state index is 0.0675. The Morgan fingerprint density at radius 3 is 2.62 bits per heavy atom. The van der Waals surface area contributed by atoms with Gasteiger partial charge >= 0.3 is 0 Å². The number of likely N-dealkylation sites (tertiary alicyclic amines) is 1. The molecule has 2 atom stereocenters. The van der Waals surface area contributed by atoms with Crippen LogP contribution in [0.2, 0.25) is 0 Å². The van der Waals surface area contributed by atoms with Crippen molar-refractivity contribution in [1.82, 2.24) is 0 Å². The van der Waals surface area contributed by atoms with E-state index < -0.39 is 0 Å². The van der Waals surface area contributed by atoms with E-state index in [0.29, 0.717) is 12.2 Å². The van der Waals surface area contributed by atoms with Crippen LogP contribution in [-0.2, 0) is 4.79 Å². The molecule has 1 saturated heterocycles. The summed E-state index contributed by atoms with van der Waals surface area (Å²) in [5, 5.41) is 2.95. The molecule has 1 aliphatic rings. The number of hydrogen-bond acceptors (Lipinski definition) is 2. The van der Waals surface area contributed by atoms with Gasteiger partial charge in [0, 0.05) is 11.8 Å². The second-order valence-corrected chi connectivity index (χ2v) is 6.35. The molecular formula is C17H27N2O2+. The molecule has 4 nitrogen and oxygen atoms in total. The van der Waals surface area contributed by atoms with E-state index in [4.69, 9.17) is 4.74 Å². The molecule has 0 spiro atoms. The largest absolute Gasteiger partial charge is 0.495 e. The average molecular weight is 291 g/mol. The molecular weight excluding hydrogens is 264 g/mol. The van der Waals surface area contributed by atoms with Crippen LogP contribution in [0.25, 0.3) is 0 Å². The standard InChI is InChI=1S/C17H26N2O2/c1-13-10-14(2)12-19(11-13)9-8-17(20)18-15-6-4-5-7-16(15)21-3/h4-7,13-14H,8-12H2,1-3H3,(H,18,20)/p+1/t13-,14-/m1/s1. The van der Waals surface area contributed by atoms with E-state index in [-0.39, 0.29) is 5.91 Å². The molecule has 1 fully saturated rings. The molecule has 21 heavy (non-hydrogen) atoms. The molecule has 1 amide bonds. The van der Waals surface area contributed by atoms with Gasteiger partial charge in [0.1, 0.15) is 5.75 Å². The van der Waals surface area contributed by atoms with Crippen LogP contribution in [0.3, 0.4) is 0 Å². The van der Waals surface area contributed by atoms with Gasteiger partial charge in [-0.3, -0.25) is 4.79 Å². The number of quaternary nitrogens is 1. The first-order valence-corrected chi connectivity index (χ1v) is 7.85. The van der Waals surface area contributed by atoms with Gasteiger partial charge < -0.3 is 15.0 Å². The molecule has 1 aromatic rings. The third-order valence-corrected chi connectivity index (χ3v) is 4.17. The lowest BCUT2D eigenvalue weighted by Crippen LogP contribution is -3.14. The molecule has 2 rings (SSSR count). The second kappa shape index (κ2) is 7.46. The lowest BCUT2D eigenvalue weighted by molar-refractivity contribution is -0.911. The number of carbonyl (C=O) groups is 1. The van der Waals surface area contributed by atoms with Gasteiger partial charge in [-0.1, -0.05) is 26.0 Å². The first-order chi connectivity index (χ1) is 10.1. The normalized spacial score (nSPS) is 25.4. The smallest absolute Gasteiger partial charge is 0.230 e. The molecule has 2 N–H and O–H groups in total. The lowest BCUT2D eigenvalue weighted by Gasteiger charge is -2.31. The summed E-state index contributed by atoms with van der Waals surface area (Å²) in [6.07, 6.45) is 1.88. The Balaban J connectivity index is 1.82. The molecule has 0 radical (unpaired) electrons. The van der Waals surface area contributed by atoms with Gasteiger partial charge in [-0.05, 0) is 18.6 Å². The number of nitrogens with one attached hydrogen (secondary N) is 2. The van der Waals surface area contributed by atoms with Crippen molar-refractivity contribution in [2.24, 2.45) is 11.8 Å². The monoisotopic (exact) mass is 291 g/mol. The molecule has 1 aromatic carbocycles. The Kier molecular flexibility index (Phi) is 5.62. The van der Waals surface area contributed by atoms with Crippen molar-refractivity contribution in [2.45, 2.75) is 26.7 Å². The maximum atomic E-state index is 12.1. The highest BCUT2D eigenvalue weighted by atomic mass is 16.5. The topological polar surface area (TPSA) is 42.8 Å². The summed E-state index contributed by atoms with van der Waals surface area (Å²) in [5.41, 5.74) is 0.750. The molecule has 0 aromatic heterocycles. The van der Waals surface area contributed by atoms with Crippen LogP contribution >= 0.6 is 0 Å². The number of amides is 1. The van der Waals surface area contributed by atoms with E-state index >= 15 is 0 Å². The fourth-order valence-electron chi connectivity index (χ4n) is 3.38. The predicted octanol–water partition coefficient (Wildman–Crippen LogP) is 1.58. The van der Waals surface area contributed by atoms with Crippen LogP contribution in [0.5, 0.6) is 5.75 Å². The third-order valence-electron chi connectivity index (χ3n) is 4.17. The Morgan fingerprint density at radius 2 is 1.95 bits per heavy atom. The zero-order valence-electron chi connectivity index (χ0n) is 13.3. The highest BCUT2D eigenvalue weighted by molar-refractivity contribution is 5.92. The Hall–Kier alpha value is -1.55. The van der Waals surface area contributed by atoms with Gasteiger partial charge in [0.05, 0.1) is 38.9 Å². The summed E-state index contributed by atoms with van der Waals surface area (Å²) < 4.78 is 5.25. The minimum absolute atomic E-state index is 0.0675. The highest BCUT2D eigenvalue weighted by Gasteiger charge is 2.25. The molecule has 1 heterocycles. The van der Waals surface area contributed by atoms with Gasteiger partial charge in [-0.15, -0.1) is 0 Å². The van der Waals surface area contributed by atoms with E-state index in [9.17, 15) is 4.79 Å². The number of methoxy groups -OCH3 is 1. The van der Waals surface area contributed by atoms with Crippen LogP contribution in [0.15, 0.2) is 24.3 Å². The number of anilines is 1. The van der Waals surface area contributed by atoms with Crippen molar-refractivity contribution in [3.63, 3.8) is 0 Å². The maximum absolute atomic E-state index is 12.1. The number of benzene rings is 1. The first-order valence-electron chi connectivity index (χ1n) is 7.85. The summed E-state index contributed by atoms with van der Waals surface area (Å²) >= 11 is 0. The number of hydrogen-bond donors (Lipinski definition) is 2. The summed E-state index contributed by atoms with van der Waals surface area (Å²) in [6, 6.07) is 7.52. The second-order valence-electron chi connectivity index (χ2n) is 6.35. The third kappa shape index (κ3) is 4.74. The summed E-state index contributed by atoms with van der Waals surface area (Å²) in [7, 11) is 1.62. The number of rotatable bonds is 5. The number of carbonyl (C=O) groups excluding carboxylic acids is 1. The minimum Gasteiger partial charge on any atom is -0.495 e. The summed E-state index contributed by atoms with van der Waals surface area (Å²) in [6.45, 7) is 7.91. The Bertz CT molecular complexity index is 466. The van der Waals surface area contributed by atoms with Crippen molar-refractivity contribution in [3.8, 4) is 5.75 Å². The van der Waals surface area contributed by atoms with Gasteiger partial charge in [-0.2, -0.15) is 0 Å². The lowest BCUT2D eigenvalue weighted by atomic mass is 9.92. The van der Waals surface area contributed by atoms with Gasteiger partial charge in [0.25, 0.3) is 0 Å². The summed E-state index contributed by atoms with van der Waals surface area (Å²) in [5.74, 6) is 2.30. The van der Waals surface area contributed by atoms with Crippen LogP contribution < -0.4 is 15.0 Å². The zero-order chi connectivity index (χ0) is 15.2. The Morgan fingerprint density at radius 1 is 1.29 bits per heavy atom. The quantitative estimate of drug-likeness (QED) is 0.865. The number of para-hydroxylation sites is 2. The van der Waals surface area contributed by atoms with Crippen molar-refractivity contribution in [1.29, 1.82) is 0 Å². The fraction of sp³-hybridized carbons (Fsp3) is 0.588. The number of piperidine rings is 1. The zero-order valence-corrected chi connectivity index (χ0v) is 13.3. The molecule has 0 bridgehead atoms. The van der Waals surface area contributed by atoms with E-state index in [0.717, 1.165) is 24.1 Å². The van der Waals surface area contributed by atoms with E-state index in [1.54, 1.807) is 12.0 Å². The predicted molar refractivity (Wildman–Crippen MR) is 84.7 cm³/mol. The Labute approximate surface area is 127 Å². The summed E-state index contributed by atoms with van der Waals surface area (Å²) in [4.78, 5) is 13.7. The van der Waals surface area contributed by atoms with E-state index in [1.807, 2.05) is 24.3 Å². The molecule has 0 saturated carbocycles. The molecule has 4 heteroatoms. The average Bonchev–Trinajstić information content (AvgIpc) is 2.45. The molecule has 0 aliphatic carbocycles. The van der Waals surface area contributed by atoms with Gasteiger partial charge in [0.15, 0.2) is 0 Å². The van der Waals surface area contributed by atoms with Crippen LogP contribution in [0.1, 0.15) is 26.7 Å². The van der Waals surface area contributed by atoms with Crippen molar-refractivity contribution < 1.29 is 14.4 Å². The van der Waals surface area contributed by atoms with Crippen molar-refractivity contribution in [3.05, 3.63) is 24.3 Å². The van der Waals surface area contributed by atoms with Crippen LogP contribution in [0.4, 0.5) is 5.69 Å². The highest BCUT2D eigenvalue weighted by Crippen LogP contribution is 2.22. The molecule has 116 valence electrons. The fourth-order valence-corrected chi connectivity index (χ4v) is 3.38. The molecule has 0 unspecified atom stereocenters. The van der Waals surface area contributed by atoms with Crippen molar-refractivity contribution >= 4 is 11.6 Å². The SMILES string of the molecule is COc1ccccc1NC(=O)CC[NH+]1C[C@H](C)C[C@@H](C)C1. The maximum Gasteiger partial charge on any atom is 0.230 e. The van der Waals surface area contributed by atoms with E-state index in [2.05, 4.69) is 19.2 Å². The van der Waals surface area contributed by atoms with Gasteiger partial charge in [-0.25, -0.2) is 0 Å². The van der Waals surface area contributed by atoms with Crippen LogP contribution in [-0.4, -0.2) is 32.7 Å².